The van der Waals surface area contributed by atoms with Crippen LogP contribution in [0.1, 0.15) is 45.2 Å². The molecule has 1 N–H and O–H groups in total. The van der Waals surface area contributed by atoms with E-state index in [1.165, 1.54) is 23.1 Å². The fourth-order valence-electron chi connectivity index (χ4n) is 2.20. The maximum Gasteiger partial charge on any atom is 0.0809 e. The van der Waals surface area contributed by atoms with Gasteiger partial charge < -0.3 is 5.32 Å². The van der Waals surface area contributed by atoms with Gasteiger partial charge in [-0.1, -0.05) is 27.2 Å². The van der Waals surface area contributed by atoms with E-state index in [4.69, 9.17) is 0 Å². The summed E-state index contributed by atoms with van der Waals surface area (Å²) < 4.78 is 1.29. The quantitative estimate of drug-likeness (QED) is 0.835. The van der Waals surface area contributed by atoms with Crippen LogP contribution in [0.2, 0.25) is 0 Å². The Labute approximate surface area is 113 Å². The Kier molecular flexibility index (Phi) is 4.72. The van der Waals surface area contributed by atoms with Crippen molar-refractivity contribution >= 4 is 21.6 Å². The highest BCUT2D eigenvalue weighted by Gasteiger charge is 2.14. The highest BCUT2D eigenvalue weighted by Crippen LogP contribution is 2.27. The molecule has 0 amide bonds. The van der Waals surface area contributed by atoms with Crippen molar-refractivity contribution in [2.45, 2.75) is 39.7 Å². The van der Waals surface area contributed by atoms with E-state index in [0.717, 1.165) is 18.0 Å². The van der Waals surface area contributed by atoms with E-state index in [2.05, 4.69) is 48.6 Å². The Morgan fingerprint density at radius 3 is 2.94 bits per heavy atom. The molecule has 3 heteroatoms. The number of hydrogen-bond acceptors (Lipinski definition) is 3. The van der Waals surface area contributed by atoms with Crippen molar-refractivity contribution in [1.29, 1.82) is 0 Å². The van der Waals surface area contributed by atoms with Gasteiger partial charge in [0.1, 0.15) is 0 Å². The minimum Gasteiger partial charge on any atom is -0.310 e. The van der Waals surface area contributed by atoms with E-state index in [1.807, 2.05) is 6.20 Å². The zero-order valence-electron chi connectivity index (χ0n) is 11.4. The number of thiophene rings is 1. The lowest BCUT2D eigenvalue weighted by Crippen LogP contribution is -2.23. The van der Waals surface area contributed by atoms with Gasteiger partial charge in [0.05, 0.1) is 10.2 Å². The van der Waals surface area contributed by atoms with Crippen molar-refractivity contribution in [2.24, 2.45) is 5.92 Å². The summed E-state index contributed by atoms with van der Waals surface area (Å²) in [4.78, 5) is 4.55. The first-order valence-corrected chi connectivity index (χ1v) is 7.69. The van der Waals surface area contributed by atoms with E-state index in [0.29, 0.717) is 6.04 Å². The topological polar surface area (TPSA) is 24.9 Å². The van der Waals surface area contributed by atoms with Gasteiger partial charge in [-0.15, -0.1) is 11.3 Å². The summed E-state index contributed by atoms with van der Waals surface area (Å²) in [5.41, 5.74) is 2.44. The summed E-state index contributed by atoms with van der Waals surface area (Å²) in [6.07, 6.45) is 4.45. The predicted molar refractivity (Wildman–Crippen MR) is 80.1 cm³/mol. The van der Waals surface area contributed by atoms with E-state index in [1.54, 1.807) is 11.3 Å². The average molecular weight is 262 g/mol. The zero-order valence-corrected chi connectivity index (χ0v) is 12.3. The summed E-state index contributed by atoms with van der Waals surface area (Å²) in [5.74, 6) is 0.744. The molecule has 2 atom stereocenters. The summed E-state index contributed by atoms with van der Waals surface area (Å²) in [6, 6.07) is 4.81. The molecule has 0 spiro atoms. The summed E-state index contributed by atoms with van der Waals surface area (Å²) in [5, 5.41) is 5.70. The average Bonchev–Trinajstić information content (AvgIpc) is 2.85. The van der Waals surface area contributed by atoms with Gasteiger partial charge in [0.25, 0.3) is 0 Å². The van der Waals surface area contributed by atoms with Crippen molar-refractivity contribution in [3.8, 4) is 0 Å². The molecule has 0 bridgehead atoms. The lowest BCUT2D eigenvalue weighted by atomic mass is 9.95. The van der Waals surface area contributed by atoms with Gasteiger partial charge in [-0.05, 0) is 42.0 Å². The first kappa shape index (κ1) is 13.5. The largest absolute Gasteiger partial charge is 0.310 e. The molecular formula is C15H22N2S. The molecule has 0 radical (unpaired) electrons. The van der Waals surface area contributed by atoms with E-state index in [9.17, 15) is 0 Å². The second-order valence-electron chi connectivity index (χ2n) is 4.93. The van der Waals surface area contributed by atoms with Gasteiger partial charge in [0.15, 0.2) is 0 Å². The molecule has 2 unspecified atom stereocenters. The normalized spacial score (nSPS) is 14.8. The Morgan fingerprint density at radius 2 is 2.22 bits per heavy atom. The molecule has 0 aliphatic rings. The first-order chi connectivity index (χ1) is 8.74. The number of aromatic nitrogens is 1. The minimum atomic E-state index is 0.434. The molecule has 2 aromatic heterocycles. The van der Waals surface area contributed by atoms with Gasteiger partial charge >= 0.3 is 0 Å². The molecule has 98 valence electrons. The fraction of sp³-hybridized carbons (Fsp3) is 0.533. The predicted octanol–water partition coefficient (Wildman–Crippen LogP) is 4.38. The number of nitrogens with one attached hydrogen (secondary N) is 1. The Hall–Kier alpha value is -0.930. The lowest BCUT2D eigenvalue weighted by Gasteiger charge is -2.21. The Balaban J connectivity index is 2.22. The second kappa shape index (κ2) is 6.30. The fourth-order valence-corrected chi connectivity index (χ4v) is 2.99. The van der Waals surface area contributed by atoms with Crippen LogP contribution in [0.5, 0.6) is 0 Å². The van der Waals surface area contributed by atoms with Crippen LogP contribution in [0.4, 0.5) is 0 Å². The van der Waals surface area contributed by atoms with Crippen molar-refractivity contribution in [2.75, 3.05) is 6.54 Å². The molecule has 0 aliphatic heterocycles. The van der Waals surface area contributed by atoms with Crippen LogP contribution in [0.25, 0.3) is 10.2 Å². The van der Waals surface area contributed by atoms with Crippen LogP contribution in [-0.2, 0) is 0 Å². The van der Waals surface area contributed by atoms with Crippen LogP contribution < -0.4 is 5.32 Å². The minimum absolute atomic E-state index is 0.434. The Bertz CT molecular complexity index is 492. The van der Waals surface area contributed by atoms with Crippen LogP contribution >= 0.6 is 11.3 Å². The number of hydrogen-bond donors (Lipinski definition) is 1. The molecule has 2 aromatic rings. The van der Waals surface area contributed by atoms with E-state index >= 15 is 0 Å². The van der Waals surface area contributed by atoms with Gasteiger partial charge in [-0.2, -0.15) is 0 Å². The standard InChI is InChI=1S/C15H22N2S/c1-4-11(3)8-14(16-5-2)12-9-15-13(17-10-12)6-7-18-15/h6-7,9-11,14,16H,4-5,8H2,1-3H3. The SMILES string of the molecule is CCNC(CC(C)CC)c1cnc2ccsc2c1. The molecule has 0 saturated heterocycles. The molecule has 2 rings (SSSR count). The van der Waals surface area contributed by atoms with Gasteiger partial charge in [-0.25, -0.2) is 0 Å². The molecule has 0 aromatic carbocycles. The zero-order chi connectivity index (χ0) is 13.0. The number of nitrogens with zero attached hydrogens (tertiary/aromatic N) is 1. The number of pyridine rings is 1. The highest BCUT2D eigenvalue weighted by molar-refractivity contribution is 7.17. The highest BCUT2D eigenvalue weighted by atomic mass is 32.1. The molecule has 0 saturated carbocycles. The van der Waals surface area contributed by atoms with E-state index in [-0.39, 0.29) is 0 Å². The maximum absolute atomic E-state index is 4.55. The number of fused-ring (bicyclic) bond motifs is 1. The molecule has 18 heavy (non-hydrogen) atoms. The van der Waals surface area contributed by atoms with Crippen LogP contribution in [0, 0.1) is 5.92 Å². The molecule has 2 nitrogen and oxygen atoms in total. The third kappa shape index (κ3) is 3.09. The number of rotatable bonds is 6. The lowest BCUT2D eigenvalue weighted by molar-refractivity contribution is 0.408. The molecule has 0 aliphatic carbocycles. The molecule has 2 heterocycles. The molecular weight excluding hydrogens is 240 g/mol. The van der Waals surface area contributed by atoms with Crippen LogP contribution in [0.15, 0.2) is 23.7 Å². The third-order valence-electron chi connectivity index (χ3n) is 3.51. The summed E-state index contributed by atoms with van der Waals surface area (Å²) in [7, 11) is 0. The van der Waals surface area contributed by atoms with Crippen molar-refractivity contribution in [3.63, 3.8) is 0 Å². The van der Waals surface area contributed by atoms with Crippen LogP contribution in [0.3, 0.4) is 0 Å². The van der Waals surface area contributed by atoms with E-state index < -0.39 is 0 Å². The van der Waals surface area contributed by atoms with Gasteiger partial charge in [0, 0.05) is 12.2 Å². The van der Waals surface area contributed by atoms with Gasteiger partial charge in [0.2, 0.25) is 0 Å². The van der Waals surface area contributed by atoms with Gasteiger partial charge in [-0.3, -0.25) is 4.98 Å². The summed E-state index contributed by atoms with van der Waals surface area (Å²) in [6.45, 7) is 7.75. The second-order valence-corrected chi connectivity index (χ2v) is 5.88. The third-order valence-corrected chi connectivity index (χ3v) is 4.36. The monoisotopic (exact) mass is 262 g/mol. The molecule has 0 fully saturated rings. The maximum atomic E-state index is 4.55. The first-order valence-electron chi connectivity index (χ1n) is 6.81. The van der Waals surface area contributed by atoms with Crippen molar-refractivity contribution < 1.29 is 0 Å². The Morgan fingerprint density at radius 1 is 1.39 bits per heavy atom. The van der Waals surface area contributed by atoms with Crippen LogP contribution in [-0.4, -0.2) is 11.5 Å². The summed E-state index contributed by atoms with van der Waals surface area (Å²) >= 11 is 1.77. The smallest absolute Gasteiger partial charge is 0.0809 e. The van der Waals surface area contributed by atoms with Crippen molar-refractivity contribution in [1.82, 2.24) is 10.3 Å². The van der Waals surface area contributed by atoms with Crippen molar-refractivity contribution in [3.05, 3.63) is 29.3 Å².